The first-order chi connectivity index (χ1) is 13.9. The zero-order valence-corrected chi connectivity index (χ0v) is 16.7. The fourth-order valence-corrected chi connectivity index (χ4v) is 3.01. The highest BCUT2D eigenvalue weighted by atomic mass is 32.1. The van der Waals surface area contributed by atoms with Crippen molar-refractivity contribution in [1.29, 1.82) is 0 Å². The molecule has 148 valence electrons. The van der Waals surface area contributed by atoms with Gasteiger partial charge in [0.05, 0.1) is 23.5 Å². The van der Waals surface area contributed by atoms with E-state index in [4.69, 9.17) is 17.0 Å². The summed E-state index contributed by atoms with van der Waals surface area (Å²) in [5.74, 6) is -2.55. The molecule has 1 atom stereocenters. The number of amides is 2. The Labute approximate surface area is 173 Å². The van der Waals surface area contributed by atoms with Crippen LogP contribution in [0.15, 0.2) is 53.5 Å². The number of rotatable bonds is 5. The van der Waals surface area contributed by atoms with Crippen molar-refractivity contribution >= 4 is 52.7 Å². The second-order valence-corrected chi connectivity index (χ2v) is 6.71. The van der Waals surface area contributed by atoms with Crippen molar-refractivity contribution in [2.75, 3.05) is 11.5 Å². The van der Waals surface area contributed by atoms with Crippen LogP contribution in [0.5, 0.6) is 0 Å². The van der Waals surface area contributed by atoms with Crippen molar-refractivity contribution in [2.45, 2.75) is 13.8 Å². The summed E-state index contributed by atoms with van der Waals surface area (Å²) in [6, 6.07) is 13.6. The zero-order chi connectivity index (χ0) is 21.0. The molecule has 2 amide bonds. The van der Waals surface area contributed by atoms with E-state index < -0.39 is 23.7 Å². The van der Waals surface area contributed by atoms with E-state index in [1.54, 1.807) is 43.3 Å². The first-order valence-electron chi connectivity index (χ1n) is 8.97. The first kappa shape index (κ1) is 20.3. The minimum absolute atomic E-state index is 0.0345. The van der Waals surface area contributed by atoms with Crippen LogP contribution >= 0.6 is 12.2 Å². The third kappa shape index (κ3) is 4.55. The van der Waals surface area contributed by atoms with E-state index >= 15 is 0 Å². The summed E-state index contributed by atoms with van der Waals surface area (Å²) < 4.78 is 4.93. The number of carbonyl (C=O) groups is 3. The van der Waals surface area contributed by atoms with Gasteiger partial charge in [-0.25, -0.2) is 4.79 Å². The quantitative estimate of drug-likeness (QED) is 0.355. The number of thiocarbonyl (C=S) groups is 1. The van der Waals surface area contributed by atoms with Gasteiger partial charge in [0, 0.05) is 6.21 Å². The summed E-state index contributed by atoms with van der Waals surface area (Å²) in [7, 11) is 0. The molecule has 2 aromatic carbocycles. The normalized spacial score (nSPS) is 16.8. The van der Waals surface area contributed by atoms with Crippen molar-refractivity contribution in [3.05, 3.63) is 59.7 Å². The Morgan fingerprint density at radius 3 is 2.45 bits per heavy atom. The van der Waals surface area contributed by atoms with Crippen LogP contribution in [0.1, 0.15) is 22.8 Å². The molecule has 7 nitrogen and oxygen atoms in total. The van der Waals surface area contributed by atoms with Crippen LogP contribution in [0, 0.1) is 12.8 Å². The number of nitrogens with one attached hydrogen (secondary N) is 1. The number of aliphatic imine (C=N–C) groups is 1. The van der Waals surface area contributed by atoms with Gasteiger partial charge in [0.1, 0.15) is 0 Å². The SMILES string of the molecule is CCOC(=O)c1ccc(N=C[C@@H]2C(=O)NC(=S)N(c3ccc(C)cc3)C2=O)cc1. The van der Waals surface area contributed by atoms with Crippen molar-refractivity contribution in [1.82, 2.24) is 5.32 Å². The van der Waals surface area contributed by atoms with Crippen molar-refractivity contribution < 1.29 is 19.1 Å². The number of ether oxygens (including phenoxy) is 1. The third-order valence-electron chi connectivity index (χ3n) is 4.25. The highest BCUT2D eigenvalue weighted by Gasteiger charge is 2.38. The fourth-order valence-electron chi connectivity index (χ4n) is 2.72. The van der Waals surface area contributed by atoms with Gasteiger partial charge in [-0.2, -0.15) is 0 Å². The average molecular weight is 409 g/mol. The largest absolute Gasteiger partial charge is 0.462 e. The monoisotopic (exact) mass is 409 g/mol. The summed E-state index contributed by atoms with van der Waals surface area (Å²) in [6.07, 6.45) is 1.28. The second-order valence-electron chi connectivity index (χ2n) is 6.33. The molecule has 0 spiro atoms. The van der Waals surface area contributed by atoms with Crippen molar-refractivity contribution in [3.8, 4) is 0 Å². The van der Waals surface area contributed by atoms with Crippen LogP contribution < -0.4 is 10.2 Å². The Bertz CT molecular complexity index is 984. The molecule has 1 aliphatic rings. The second kappa shape index (κ2) is 8.74. The lowest BCUT2D eigenvalue weighted by Crippen LogP contribution is -2.58. The maximum absolute atomic E-state index is 12.9. The van der Waals surface area contributed by atoms with Crippen molar-refractivity contribution in [2.24, 2.45) is 10.9 Å². The Morgan fingerprint density at radius 1 is 1.17 bits per heavy atom. The molecule has 1 heterocycles. The fraction of sp³-hybridized carbons (Fsp3) is 0.190. The number of benzene rings is 2. The van der Waals surface area contributed by atoms with Gasteiger partial charge >= 0.3 is 5.97 Å². The summed E-state index contributed by atoms with van der Waals surface area (Å²) in [5.41, 5.74) is 2.50. The highest BCUT2D eigenvalue weighted by molar-refractivity contribution is 7.80. The molecular formula is C21H19N3O4S. The number of esters is 1. The molecule has 0 bridgehead atoms. The lowest BCUT2D eigenvalue weighted by atomic mass is 10.1. The molecule has 0 aromatic heterocycles. The minimum Gasteiger partial charge on any atom is -0.462 e. The number of nitrogens with zero attached hydrogens (tertiary/aromatic N) is 2. The molecule has 1 fully saturated rings. The number of anilines is 1. The molecule has 8 heteroatoms. The van der Waals surface area contributed by atoms with E-state index in [-0.39, 0.29) is 11.7 Å². The Balaban J connectivity index is 1.79. The predicted molar refractivity (Wildman–Crippen MR) is 113 cm³/mol. The van der Waals surface area contributed by atoms with Crippen molar-refractivity contribution in [3.63, 3.8) is 0 Å². The number of hydrogen-bond donors (Lipinski definition) is 1. The summed E-state index contributed by atoms with van der Waals surface area (Å²) in [6.45, 7) is 3.95. The number of hydrogen-bond acceptors (Lipinski definition) is 6. The molecule has 0 unspecified atom stereocenters. The maximum atomic E-state index is 12.9. The van der Waals surface area contributed by atoms with Crippen LogP contribution in [0.3, 0.4) is 0 Å². The van der Waals surface area contributed by atoms with E-state index in [0.29, 0.717) is 16.9 Å². The summed E-state index contributed by atoms with van der Waals surface area (Å²) >= 11 is 5.17. The van der Waals surface area contributed by atoms with Gasteiger partial charge in [0.15, 0.2) is 11.0 Å². The first-order valence-corrected chi connectivity index (χ1v) is 9.38. The van der Waals surface area contributed by atoms with Gasteiger partial charge in [0.2, 0.25) is 5.91 Å². The van der Waals surface area contributed by atoms with Gasteiger partial charge in [0.25, 0.3) is 5.91 Å². The van der Waals surface area contributed by atoms with Gasteiger partial charge in [-0.05, 0) is 62.5 Å². The van der Waals surface area contributed by atoms with Crippen LogP contribution in [-0.2, 0) is 14.3 Å². The molecule has 0 aliphatic carbocycles. The lowest BCUT2D eigenvalue weighted by Gasteiger charge is -2.30. The van der Waals surface area contributed by atoms with E-state index in [1.807, 2.05) is 19.1 Å². The van der Waals surface area contributed by atoms with Gasteiger partial charge in [-0.15, -0.1) is 0 Å². The van der Waals surface area contributed by atoms with Crippen LogP contribution in [0.25, 0.3) is 0 Å². The average Bonchev–Trinajstić information content (AvgIpc) is 2.69. The van der Waals surface area contributed by atoms with Crippen LogP contribution in [-0.4, -0.2) is 35.7 Å². The topological polar surface area (TPSA) is 88.1 Å². The molecule has 29 heavy (non-hydrogen) atoms. The minimum atomic E-state index is -1.12. The molecule has 1 N–H and O–H groups in total. The Kier molecular flexibility index (Phi) is 6.13. The molecule has 2 aromatic rings. The number of aryl methyl sites for hydroxylation is 1. The zero-order valence-electron chi connectivity index (χ0n) is 15.9. The summed E-state index contributed by atoms with van der Waals surface area (Å²) in [5, 5.41) is 2.58. The summed E-state index contributed by atoms with van der Waals surface area (Å²) in [4.78, 5) is 42.4. The highest BCUT2D eigenvalue weighted by Crippen LogP contribution is 2.22. The standard InChI is InChI=1S/C21H19N3O4S/c1-3-28-20(27)14-6-8-15(9-7-14)22-12-17-18(25)23-21(29)24(19(17)26)16-10-4-13(2)5-11-16/h4-12,17H,3H2,1-2H3,(H,23,25,29)/t17-/m1/s1. The van der Waals surface area contributed by atoms with Gasteiger partial charge in [-0.1, -0.05) is 17.7 Å². The molecule has 3 rings (SSSR count). The van der Waals surface area contributed by atoms with E-state index in [1.165, 1.54) is 11.1 Å². The van der Waals surface area contributed by atoms with Gasteiger partial charge < -0.3 is 10.1 Å². The molecule has 1 aliphatic heterocycles. The molecule has 0 saturated carbocycles. The van der Waals surface area contributed by atoms with E-state index in [9.17, 15) is 14.4 Å². The smallest absolute Gasteiger partial charge is 0.338 e. The third-order valence-corrected chi connectivity index (χ3v) is 4.53. The van der Waals surface area contributed by atoms with Gasteiger partial charge in [-0.3, -0.25) is 19.5 Å². The van der Waals surface area contributed by atoms with E-state index in [2.05, 4.69) is 10.3 Å². The Morgan fingerprint density at radius 2 is 1.83 bits per heavy atom. The number of carbonyl (C=O) groups excluding carboxylic acids is 3. The van der Waals surface area contributed by atoms with E-state index in [0.717, 1.165) is 5.56 Å². The molecule has 1 saturated heterocycles. The maximum Gasteiger partial charge on any atom is 0.338 e. The lowest BCUT2D eigenvalue weighted by molar-refractivity contribution is -0.130. The molecule has 0 radical (unpaired) electrons. The Hall–Kier alpha value is -3.39. The van der Waals surface area contributed by atoms with Crippen LogP contribution in [0.2, 0.25) is 0 Å². The van der Waals surface area contributed by atoms with Crippen LogP contribution in [0.4, 0.5) is 11.4 Å². The molecular weight excluding hydrogens is 390 g/mol. The predicted octanol–water partition coefficient (Wildman–Crippen LogP) is 2.94.